The lowest BCUT2D eigenvalue weighted by molar-refractivity contribution is 0.361. The zero-order chi connectivity index (χ0) is 14.4. The molecule has 0 atom stereocenters. The molecule has 21 heavy (non-hydrogen) atoms. The Morgan fingerprint density at radius 2 is 2.05 bits per heavy atom. The lowest BCUT2D eigenvalue weighted by Crippen LogP contribution is -2.10. The first kappa shape index (κ1) is 17.3. The summed E-state index contributed by atoms with van der Waals surface area (Å²) >= 11 is 0. The number of allylic oxidation sites excluding steroid dienone is 1. The average Bonchev–Trinajstić information content (AvgIpc) is 2.91. The summed E-state index contributed by atoms with van der Waals surface area (Å²) in [7, 11) is 0. The maximum Gasteiger partial charge on any atom is 0.120 e. The van der Waals surface area contributed by atoms with Crippen LogP contribution in [0.2, 0.25) is 0 Å². The molecule has 0 bridgehead atoms. The molecule has 0 saturated heterocycles. The Kier molecular flexibility index (Phi) is 6.50. The van der Waals surface area contributed by atoms with Gasteiger partial charge in [0.1, 0.15) is 12.4 Å². The summed E-state index contributed by atoms with van der Waals surface area (Å²) in [6, 6.07) is 8.30. The first-order valence-corrected chi connectivity index (χ1v) is 6.90. The molecule has 4 heteroatoms. The number of benzene rings is 1. The minimum atomic E-state index is 0. The van der Waals surface area contributed by atoms with Crippen molar-refractivity contribution in [3.63, 3.8) is 0 Å². The lowest BCUT2D eigenvalue weighted by Gasteiger charge is -2.19. The van der Waals surface area contributed by atoms with Gasteiger partial charge < -0.3 is 9.30 Å². The molecule has 0 aliphatic heterocycles. The second-order valence-corrected chi connectivity index (χ2v) is 5.82. The highest BCUT2D eigenvalue weighted by atomic mass is 35.5. The number of hydrogen-bond donors (Lipinski definition) is 0. The van der Waals surface area contributed by atoms with Crippen LogP contribution in [0.15, 0.2) is 55.1 Å². The Labute approximate surface area is 133 Å². The van der Waals surface area contributed by atoms with Crippen molar-refractivity contribution in [3.05, 3.63) is 60.7 Å². The highest BCUT2D eigenvalue weighted by molar-refractivity contribution is 5.85. The van der Waals surface area contributed by atoms with Crippen LogP contribution in [0, 0.1) is 0 Å². The van der Waals surface area contributed by atoms with Crippen molar-refractivity contribution in [2.75, 3.05) is 6.61 Å². The Bertz CT molecular complexity index is 556. The second kappa shape index (κ2) is 7.89. The fraction of sp³-hybridized carbons (Fsp3) is 0.353. The summed E-state index contributed by atoms with van der Waals surface area (Å²) in [5.41, 5.74) is 1.44. The highest BCUT2D eigenvalue weighted by Gasteiger charge is 2.13. The summed E-state index contributed by atoms with van der Waals surface area (Å²) in [4.78, 5) is 4.00. The van der Waals surface area contributed by atoms with E-state index in [9.17, 15) is 0 Å². The number of halogens is 1. The molecule has 0 N–H and O–H groups in total. The normalized spacial score (nSPS) is 11.4. The van der Waals surface area contributed by atoms with Gasteiger partial charge in [-0.2, -0.15) is 0 Å². The molecule has 2 rings (SSSR count). The van der Waals surface area contributed by atoms with Crippen LogP contribution in [0.25, 0.3) is 0 Å². The van der Waals surface area contributed by atoms with Crippen molar-refractivity contribution in [3.8, 4) is 5.75 Å². The maximum atomic E-state index is 5.75. The van der Waals surface area contributed by atoms with Crippen LogP contribution in [-0.4, -0.2) is 16.2 Å². The molecule has 3 nitrogen and oxygen atoms in total. The molecule has 114 valence electrons. The third-order valence-corrected chi connectivity index (χ3v) is 3.09. The molecule has 1 heterocycles. The number of aromatic nitrogens is 2. The Balaban J connectivity index is 0.00000220. The van der Waals surface area contributed by atoms with E-state index in [4.69, 9.17) is 4.74 Å². The summed E-state index contributed by atoms with van der Waals surface area (Å²) in [6.07, 6.45) is 9.64. The van der Waals surface area contributed by atoms with Crippen molar-refractivity contribution >= 4 is 12.4 Å². The monoisotopic (exact) mass is 306 g/mol. The molecular formula is C17H23ClN2O. The summed E-state index contributed by atoms with van der Waals surface area (Å²) in [5, 5.41) is 0. The quantitative estimate of drug-likeness (QED) is 0.773. The van der Waals surface area contributed by atoms with E-state index in [1.807, 2.05) is 29.0 Å². The molecule has 0 aliphatic carbocycles. The van der Waals surface area contributed by atoms with E-state index >= 15 is 0 Å². The third-order valence-electron chi connectivity index (χ3n) is 3.09. The number of nitrogens with zero attached hydrogens (tertiary/aromatic N) is 2. The van der Waals surface area contributed by atoms with Crippen molar-refractivity contribution in [1.29, 1.82) is 0 Å². The van der Waals surface area contributed by atoms with Crippen LogP contribution in [0.5, 0.6) is 5.75 Å². The highest BCUT2D eigenvalue weighted by Crippen LogP contribution is 2.25. The predicted molar refractivity (Wildman–Crippen MR) is 89.3 cm³/mol. The van der Waals surface area contributed by atoms with Gasteiger partial charge in [0.15, 0.2) is 0 Å². The van der Waals surface area contributed by atoms with Crippen LogP contribution in [0.1, 0.15) is 26.3 Å². The van der Waals surface area contributed by atoms with Crippen molar-refractivity contribution in [2.45, 2.75) is 32.7 Å². The van der Waals surface area contributed by atoms with Gasteiger partial charge in [-0.25, -0.2) is 4.98 Å². The van der Waals surface area contributed by atoms with E-state index in [2.05, 4.69) is 44.0 Å². The number of hydrogen-bond acceptors (Lipinski definition) is 2. The van der Waals surface area contributed by atoms with Gasteiger partial charge in [0.25, 0.3) is 0 Å². The van der Waals surface area contributed by atoms with Crippen LogP contribution >= 0.6 is 12.4 Å². The Morgan fingerprint density at radius 3 is 2.71 bits per heavy atom. The van der Waals surface area contributed by atoms with Gasteiger partial charge in [-0.1, -0.05) is 39.0 Å². The SMILES string of the molecule is CC(C)(C)c1cccc(OCC=CCn2ccnc2)c1.Cl. The topological polar surface area (TPSA) is 27.1 Å². The Hall–Kier alpha value is -1.74. The van der Waals surface area contributed by atoms with Crippen molar-refractivity contribution in [1.82, 2.24) is 9.55 Å². The molecule has 0 aliphatic rings. The number of rotatable bonds is 5. The predicted octanol–water partition coefficient (Wildman–Crippen LogP) is 4.24. The molecule has 0 saturated carbocycles. The van der Waals surface area contributed by atoms with Crippen molar-refractivity contribution in [2.24, 2.45) is 0 Å². The van der Waals surface area contributed by atoms with E-state index in [0.717, 1.165) is 12.3 Å². The summed E-state index contributed by atoms with van der Waals surface area (Å²) < 4.78 is 7.76. The Morgan fingerprint density at radius 1 is 1.24 bits per heavy atom. The van der Waals surface area contributed by atoms with Crippen LogP contribution in [0.4, 0.5) is 0 Å². The van der Waals surface area contributed by atoms with Crippen molar-refractivity contribution < 1.29 is 4.74 Å². The molecule has 0 amide bonds. The van der Waals surface area contributed by atoms with E-state index in [0.29, 0.717) is 6.61 Å². The van der Waals surface area contributed by atoms with E-state index in [-0.39, 0.29) is 17.8 Å². The fourth-order valence-corrected chi connectivity index (χ4v) is 1.86. The second-order valence-electron chi connectivity index (χ2n) is 5.82. The molecule has 0 fully saturated rings. The minimum Gasteiger partial charge on any atom is -0.490 e. The largest absolute Gasteiger partial charge is 0.490 e. The zero-order valence-electron chi connectivity index (χ0n) is 12.8. The van der Waals surface area contributed by atoms with Crippen LogP contribution < -0.4 is 4.74 Å². The first-order chi connectivity index (χ1) is 9.55. The van der Waals surface area contributed by atoms with E-state index in [1.54, 1.807) is 12.5 Å². The number of ether oxygens (including phenoxy) is 1. The smallest absolute Gasteiger partial charge is 0.120 e. The molecule has 1 aromatic carbocycles. The standard InChI is InChI=1S/C17H22N2O.ClH/c1-17(2,3)15-7-6-8-16(13-15)20-12-5-4-10-19-11-9-18-14-19;/h4-9,11,13-14H,10,12H2,1-3H3;1H. The average molecular weight is 307 g/mol. The summed E-state index contributed by atoms with van der Waals surface area (Å²) in [5.74, 6) is 0.921. The zero-order valence-corrected chi connectivity index (χ0v) is 13.6. The molecule has 0 unspecified atom stereocenters. The van der Waals surface area contributed by atoms with Crippen LogP contribution in [-0.2, 0) is 12.0 Å². The van der Waals surface area contributed by atoms with Gasteiger partial charge in [0.05, 0.1) is 6.33 Å². The lowest BCUT2D eigenvalue weighted by atomic mass is 9.87. The maximum absolute atomic E-state index is 5.75. The van der Waals surface area contributed by atoms with Gasteiger partial charge in [0, 0.05) is 18.9 Å². The summed E-state index contributed by atoms with van der Waals surface area (Å²) in [6.45, 7) is 8.03. The third kappa shape index (κ3) is 5.64. The molecule has 0 radical (unpaired) electrons. The van der Waals surface area contributed by atoms with E-state index in [1.165, 1.54) is 5.56 Å². The molecule has 2 aromatic rings. The van der Waals surface area contributed by atoms with Gasteiger partial charge in [-0.15, -0.1) is 12.4 Å². The molecule has 1 aromatic heterocycles. The van der Waals surface area contributed by atoms with Gasteiger partial charge in [-0.3, -0.25) is 0 Å². The fourth-order valence-electron chi connectivity index (χ4n) is 1.86. The minimum absolute atomic E-state index is 0. The van der Waals surface area contributed by atoms with Crippen LogP contribution in [0.3, 0.4) is 0 Å². The van der Waals surface area contributed by atoms with Gasteiger partial charge >= 0.3 is 0 Å². The number of imidazole rings is 1. The van der Waals surface area contributed by atoms with Gasteiger partial charge in [0.2, 0.25) is 0 Å². The molecular weight excluding hydrogens is 284 g/mol. The first-order valence-electron chi connectivity index (χ1n) is 6.90. The molecule has 0 spiro atoms. The van der Waals surface area contributed by atoms with Gasteiger partial charge in [-0.05, 0) is 29.2 Å². The van der Waals surface area contributed by atoms with E-state index < -0.39 is 0 Å².